The van der Waals surface area contributed by atoms with Crippen LogP contribution in [0.2, 0.25) is 5.15 Å². The molecule has 0 saturated carbocycles. The van der Waals surface area contributed by atoms with Crippen LogP contribution < -0.4 is 0 Å². The van der Waals surface area contributed by atoms with Gasteiger partial charge in [0, 0.05) is 10.7 Å². The van der Waals surface area contributed by atoms with Crippen LogP contribution in [0.4, 0.5) is 0 Å². The number of pyridine rings is 1. The van der Waals surface area contributed by atoms with E-state index >= 15 is 0 Å². The average Bonchev–Trinajstić information content (AvgIpc) is 2.29. The highest BCUT2D eigenvalue weighted by atomic mass is 79.9. The molecule has 0 N–H and O–H groups in total. The van der Waals surface area contributed by atoms with Crippen molar-refractivity contribution in [2.24, 2.45) is 0 Å². The van der Waals surface area contributed by atoms with Crippen LogP contribution >= 0.6 is 39.3 Å². The lowest BCUT2D eigenvalue weighted by Crippen LogP contribution is -1.95. The molecule has 0 saturated heterocycles. The molecule has 2 aromatic rings. The maximum absolute atomic E-state index is 6.05. The van der Waals surface area contributed by atoms with Crippen molar-refractivity contribution < 1.29 is 0 Å². The second-order valence-corrected chi connectivity index (χ2v) is 5.69. The quantitative estimate of drug-likeness (QED) is 0.832. The predicted octanol–water partition coefficient (Wildman–Crippen LogP) is 4.06. The molecule has 0 bridgehead atoms. The molecule has 2 heterocycles. The van der Waals surface area contributed by atoms with Gasteiger partial charge >= 0.3 is 0 Å². The molecular weight excluding hydrogens is 322 g/mol. The third-order valence-electron chi connectivity index (χ3n) is 2.14. The summed E-state index contributed by atoms with van der Waals surface area (Å²) in [6.45, 7) is 3.80. The fourth-order valence-electron chi connectivity index (χ4n) is 1.14. The molecule has 2 aromatic heterocycles. The number of nitrogens with zero attached hydrogens (tertiary/aromatic N) is 3. The first-order chi connectivity index (χ1) is 8.06. The van der Waals surface area contributed by atoms with Crippen LogP contribution in [-0.4, -0.2) is 15.0 Å². The minimum absolute atomic E-state index is 0.419. The van der Waals surface area contributed by atoms with Gasteiger partial charge < -0.3 is 0 Å². The normalized spacial score (nSPS) is 10.6. The highest BCUT2D eigenvalue weighted by molar-refractivity contribution is 9.10. The van der Waals surface area contributed by atoms with E-state index in [-0.39, 0.29) is 0 Å². The summed E-state index contributed by atoms with van der Waals surface area (Å²) in [7, 11) is 0. The predicted molar refractivity (Wildman–Crippen MR) is 72.6 cm³/mol. The van der Waals surface area contributed by atoms with E-state index in [0.717, 1.165) is 20.9 Å². The Kier molecular flexibility index (Phi) is 4.01. The van der Waals surface area contributed by atoms with Gasteiger partial charge in [0.25, 0.3) is 0 Å². The minimum Gasteiger partial charge on any atom is -0.248 e. The molecule has 0 atom stereocenters. The number of aromatic nitrogens is 3. The van der Waals surface area contributed by atoms with Gasteiger partial charge in [0.15, 0.2) is 5.15 Å². The summed E-state index contributed by atoms with van der Waals surface area (Å²) >= 11 is 10.8. The fourth-order valence-corrected chi connectivity index (χ4v) is 2.41. The first-order valence-electron chi connectivity index (χ1n) is 4.86. The highest BCUT2D eigenvalue weighted by Gasteiger charge is 2.09. The molecule has 0 aliphatic heterocycles. The zero-order chi connectivity index (χ0) is 12.4. The second kappa shape index (κ2) is 5.33. The number of hydrogen-bond acceptors (Lipinski definition) is 4. The Morgan fingerprint density at radius 3 is 2.53 bits per heavy atom. The molecular formula is C11H9BrClN3S. The van der Waals surface area contributed by atoms with E-state index in [1.807, 2.05) is 26.0 Å². The maximum Gasteiger partial charge on any atom is 0.161 e. The molecule has 17 heavy (non-hydrogen) atoms. The van der Waals surface area contributed by atoms with Crippen molar-refractivity contribution in [3.05, 3.63) is 39.3 Å². The van der Waals surface area contributed by atoms with Crippen LogP contribution in [0.5, 0.6) is 0 Å². The zero-order valence-electron chi connectivity index (χ0n) is 9.24. The molecule has 0 amide bonds. The maximum atomic E-state index is 6.05. The number of aryl methyl sites for hydroxylation is 2. The molecule has 0 aromatic carbocycles. The van der Waals surface area contributed by atoms with Gasteiger partial charge in [-0.2, -0.15) is 0 Å². The summed E-state index contributed by atoms with van der Waals surface area (Å²) in [4.78, 5) is 12.9. The molecule has 0 aliphatic carbocycles. The van der Waals surface area contributed by atoms with Crippen LogP contribution in [0, 0.1) is 13.8 Å². The van der Waals surface area contributed by atoms with Crippen molar-refractivity contribution in [2.75, 3.05) is 0 Å². The topological polar surface area (TPSA) is 38.7 Å². The lowest BCUT2D eigenvalue weighted by molar-refractivity contribution is 0.954. The standard InChI is InChI=1S/C11H9BrClN3S/c1-6-7(2)16-11(10(13)15-6)17-9-4-3-8(12)5-14-9/h3-5H,1-2H3. The van der Waals surface area contributed by atoms with Gasteiger partial charge in [-0.05, 0) is 53.7 Å². The van der Waals surface area contributed by atoms with Gasteiger partial charge in [0.05, 0.1) is 11.4 Å². The van der Waals surface area contributed by atoms with Crippen molar-refractivity contribution in [1.82, 2.24) is 15.0 Å². The van der Waals surface area contributed by atoms with Gasteiger partial charge in [-0.25, -0.2) is 15.0 Å². The molecule has 0 unspecified atom stereocenters. The lowest BCUT2D eigenvalue weighted by Gasteiger charge is -2.05. The smallest absolute Gasteiger partial charge is 0.161 e. The monoisotopic (exact) mass is 329 g/mol. The Morgan fingerprint density at radius 1 is 1.18 bits per heavy atom. The Labute approximate surface area is 117 Å². The van der Waals surface area contributed by atoms with Gasteiger partial charge in [0.2, 0.25) is 0 Å². The second-order valence-electron chi connectivity index (χ2n) is 3.41. The first-order valence-corrected chi connectivity index (χ1v) is 6.85. The van der Waals surface area contributed by atoms with Crippen LogP contribution in [-0.2, 0) is 0 Å². The number of hydrogen-bond donors (Lipinski definition) is 0. The fraction of sp³-hybridized carbons (Fsp3) is 0.182. The average molecular weight is 331 g/mol. The lowest BCUT2D eigenvalue weighted by atomic mass is 10.4. The SMILES string of the molecule is Cc1nc(Cl)c(Sc2ccc(Br)cn2)nc1C. The third-order valence-corrected chi connectivity index (χ3v) is 3.91. The summed E-state index contributed by atoms with van der Waals surface area (Å²) < 4.78 is 0.944. The highest BCUT2D eigenvalue weighted by Crippen LogP contribution is 2.30. The Bertz CT molecular complexity index is 545. The van der Waals surface area contributed by atoms with Crippen LogP contribution in [0.15, 0.2) is 32.9 Å². The van der Waals surface area contributed by atoms with E-state index in [1.54, 1.807) is 6.20 Å². The first kappa shape index (κ1) is 12.8. The molecule has 0 aliphatic rings. The van der Waals surface area contributed by atoms with E-state index in [1.165, 1.54) is 11.8 Å². The molecule has 88 valence electrons. The minimum atomic E-state index is 0.419. The van der Waals surface area contributed by atoms with Gasteiger partial charge in [-0.3, -0.25) is 0 Å². The molecule has 3 nitrogen and oxygen atoms in total. The van der Waals surface area contributed by atoms with E-state index in [9.17, 15) is 0 Å². The van der Waals surface area contributed by atoms with Crippen molar-refractivity contribution in [2.45, 2.75) is 23.9 Å². The van der Waals surface area contributed by atoms with Crippen LogP contribution in [0.1, 0.15) is 11.4 Å². The van der Waals surface area contributed by atoms with E-state index in [0.29, 0.717) is 10.2 Å². The van der Waals surface area contributed by atoms with Crippen molar-refractivity contribution in [3.8, 4) is 0 Å². The molecule has 0 spiro atoms. The van der Waals surface area contributed by atoms with E-state index in [2.05, 4.69) is 30.9 Å². The van der Waals surface area contributed by atoms with E-state index in [4.69, 9.17) is 11.6 Å². The van der Waals surface area contributed by atoms with Crippen LogP contribution in [0.25, 0.3) is 0 Å². The third kappa shape index (κ3) is 3.18. The van der Waals surface area contributed by atoms with E-state index < -0.39 is 0 Å². The summed E-state index contributed by atoms with van der Waals surface area (Å²) in [5.41, 5.74) is 1.73. The van der Waals surface area contributed by atoms with Gasteiger partial charge in [0.1, 0.15) is 10.1 Å². The summed E-state index contributed by atoms with van der Waals surface area (Å²) in [5, 5.41) is 1.94. The van der Waals surface area contributed by atoms with Crippen molar-refractivity contribution in [3.63, 3.8) is 0 Å². The largest absolute Gasteiger partial charge is 0.248 e. The zero-order valence-corrected chi connectivity index (χ0v) is 12.4. The molecule has 2 rings (SSSR count). The van der Waals surface area contributed by atoms with Crippen LogP contribution in [0.3, 0.4) is 0 Å². The molecule has 0 radical (unpaired) electrons. The summed E-state index contributed by atoms with van der Waals surface area (Å²) in [6, 6.07) is 3.83. The molecule has 6 heteroatoms. The van der Waals surface area contributed by atoms with Gasteiger partial charge in [-0.15, -0.1) is 0 Å². The number of halogens is 2. The Morgan fingerprint density at radius 2 is 1.88 bits per heavy atom. The van der Waals surface area contributed by atoms with Crippen molar-refractivity contribution >= 4 is 39.3 Å². The summed E-state index contributed by atoms with van der Waals surface area (Å²) in [5.74, 6) is 0. The number of rotatable bonds is 2. The Hall–Kier alpha value is -0.650. The Balaban J connectivity index is 2.30. The van der Waals surface area contributed by atoms with Crippen molar-refractivity contribution in [1.29, 1.82) is 0 Å². The summed E-state index contributed by atoms with van der Waals surface area (Å²) in [6.07, 6.45) is 1.74. The molecule has 0 fully saturated rings. The van der Waals surface area contributed by atoms with Gasteiger partial charge in [-0.1, -0.05) is 11.6 Å².